The fraction of sp³-hybridized carbons (Fsp3) is 0.318. The highest BCUT2D eigenvalue weighted by Crippen LogP contribution is 2.19. The molecule has 2 aromatic heterocycles. The predicted molar refractivity (Wildman–Crippen MR) is 111 cm³/mol. The van der Waals surface area contributed by atoms with Gasteiger partial charge in [-0.15, -0.1) is 0 Å². The van der Waals surface area contributed by atoms with E-state index in [9.17, 15) is 9.59 Å². The average molecular weight is 424 g/mol. The molecule has 1 aromatic carbocycles. The summed E-state index contributed by atoms with van der Waals surface area (Å²) in [5.74, 6) is 0.589. The summed E-state index contributed by atoms with van der Waals surface area (Å²) >= 11 is 0. The highest BCUT2D eigenvalue weighted by molar-refractivity contribution is 5.93. The largest absolute Gasteiger partial charge is 0.483 e. The maximum absolute atomic E-state index is 12.4. The van der Waals surface area contributed by atoms with E-state index in [2.05, 4.69) is 20.8 Å². The number of amides is 2. The molecular weight excluding hydrogens is 400 g/mol. The molecule has 162 valence electrons. The number of hydrogen-bond donors (Lipinski definition) is 3. The molecule has 0 saturated carbocycles. The number of H-pyrrole nitrogens is 1. The van der Waals surface area contributed by atoms with E-state index in [0.29, 0.717) is 23.7 Å². The van der Waals surface area contributed by atoms with Crippen LogP contribution >= 0.6 is 0 Å². The number of aromatic amines is 1. The lowest BCUT2D eigenvalue weighted by molar-refractivity contribution is -0.123. The lowest BCUT2D eigenvalue weighted by Crippen LogP contribution is -2.35. The van der Waals surface area contributed by atoms with E-state index < -0.39 is 0 Å². The molecule has 0 bridgehead atoms. The lowest BCUT2D eigenvalue weighted by Gasteiger charge is -2.13. The van der Waals surface area contributed by atoms with Gasteiger partial charge in [0.1, 0.15) is 11.4 Å². The molecule has 0 aliphatic carbocycles. The van der Waals surface area contributed by atoms with Gasteiger partial charge in [-0.25, -0.2) is 0 Å². The number of ether oxygens (including phenoxy) is 2. The highest BCUT2D eigenvalue weighted by Gasteiger charge is 2.17. The maximum atomic E-state index is 12.4. The van der Waals surface area contributed by atoms with Crippen LogP contribution in [0.3, 0.4) is 0 Å². The Morgan fingerprint density at radius 1 is 1.19 bits per heavy atom. The second kappa shape index (κ2) is 9.94. The quantitative estimate of drug-likeness (QED) is 0.485. The first-order chi connectivity index (χ1) is 15.2. The molecule has 0 radical (unpaired) electrons. The number of carbonyl (C=O) groups is 2. The van der Waals surface area contributed by atoms with Crippen molar-refractivity contribution < 1.29 is 23.5 Å². The molecule has 1 aliphatic heterocycles. The Hall–Kier alpha value is -3.59. The zero-order chi connectivity index (χ0) is 21.5. The van der Waals surface area contributed by atoms with Gasteiger partial charge in [-0.1, -0.05) is 18.2 Å². The first kappa shape index (κ1) is 20.7. The van der Waals surface area contributed by atoms with Crippen LogP contribution in [0.1, 0.15) is 28.9 Å². The molecule has 0 unspecified atom stereocenters. The maximum Gasteiger partial charge on any atom is 0.272 e. The Morgan fingerprint density at radius 3 is 2.90 bits per heavy atom. The topological polar surface area (TPSA) is 118 Å². The van der Waals surface area contributed by atoms with Crippen LogP contribution in [0.5, 0.6) is 5.75 Å². The van der Waals surface area contributed by atoms with Crippen molar-refractivity contribution in [1.29, 1.82) is 0 Å². The van der Waals surface area contributed by atoms with E-state index >= 15 is 0 Å². The molecule has 4 rings (SSSR count). The SMILES string of the molecule is O=C(COc1ccccc1CNC(=O)c1cc(-c2ccco2)[nH]n1)NC[C@H]1CCCO1. The number of aromatic nitrogens is 2. The van der Waals surface area contributed by atoms with E-state index in [1.54, 1.807) is 30.5 Å². The first-order valence-corrected chi connectivity index (χ1v) is 10.2. The molecule has 3 N–H and O–H groups in total. The number of furan rings is 1. The molecule has 1 aliphatic rings. The van der Waals surface area contributed by atoms with Gasteiger partial charge in [-0.2, -0.15) is 5.10 Å². The second-order valence-electron chi connectivity index (χ2n) is 7.16. The summed E-state index contributed by atoms with van der Waals surface area (Å²) in [4.78, 5) is 24.5. The molecule has 9 heteroatoms. The summed E-state index contributed by atoms with van der Waals surface area (Å²) < 4.78 is 16.4. The van der Waals surface area contributed by atoms with Gasteiger partial charge < -0.3 is 24.5 Å². The van der Waals surface area contributed by atoms with Crippen molar-refractivity contribution in [3.8, 4) is 17.2 Å². The summed E-state index contributed by atoms with van der Waals surface area (Å²) in [5.41, 5.74) is 1.62. The van der Waals surface area contributed by atoms with Crippen molar-refractivity contribution in [3.63, 3.8) is 0 Å². The first-order valence-electron chi connectivity index (χ1n) is 10.2. The molecule has 1 saturated heterocycles. The van der Waals surface area contributed by atoms with E-state index in [-0.39, 0.29) is 36.8 Å². The van der Waals surface area contributed by atoms with Crippen molar-refractivity contribution in [1.82, 2.24) is 20.8 Å². The molecule has 2 amide bonds. The zero-order valence-electron chi connectivity index (χ0n) is 16.9. The van der Waals surface area contributed by atoms with Crippen LogP contribution in [-0.4, -0.2) is 47.9 Å². The molecule has 3 aromatic rings. The zero-order valence-corrected chi connectivity index (χ0v) is 16.9. The van der Waals surface area contributed by atoms with Crippen LogP contribution in [-0.2, 0) is 16.1 Å². The molecule has 9 nitrogen and oxygen atoms in total. The van der Waals surface area contributed by atoms with E-state index in [1.807, 2.05) is 18.2 Å². The predicted octanol–water partition coefficient (Wildman–Crippen LogP) is 2.27. The van der Waals surface area contributed by atoms with Crippen LogP contribution in [0, 0.1) is 0 Å². The highest BCUT2D eigenvalue weighted by atomic mass is 16.5. The molecule has 0 spiro atoms. The number of benzene rings is 1. The number of rotatable bonds is 9. The van der Waals surface area contributed by atoms with Crippen LogP contribution in [0.25, 0.3) is 11.5 Å². The van der Waals surface area contributed by atoms with Crippen molar-refractivity contribution >= 4 is 11.8 Å². The van der Waals surface area contributed by atoms with Crippen LogP contribution in [0.4, 0.5) is 0 Å². The summed E-state index contributed by atoms with van der Waals surface area (Å²) in [6.07, 6.45) is 3.62. The summed E-state index contributed by atoms with van der Waals surface area (Å²) in [7, 11) is 0. The van der Waals surface area contributed by atoms with Gasteiger partial charge >= 0.3 is 0 Å². The van der Waals surface area contributed by atoms with Crippen molar-refractivity contribution in [2.45, 2.75) is 25.5 Å². The Bertz CT molecular complexity index is 1010. The minimum Gasteiger partial charge on any atom is -0.483 e. The molecule has 1 fully saturated rings. The Labute approximate surface area is 179 Å². The monoisotopic (exact) mass is 424 g/mol. The van der Waals surface area contributed by atoms with Gasteiger partial charge in [0.05, 0.1) is 12.4 Å². The van der Waals surface area contributed by atoms with Gasteiger partial charge in [-0.05, 0) is 31.0 Å². The third-order valence-corrected chi connectivity index (χ3v) is 4.92. The Kier molecular flexibility index (Phi) is 6.63. The van der Waals surface area contributed by atoms with Crippen LogP contribution < -0.4 is 15.4 Å². The van der Waals surface area contributed by atoms with Gasteiger partial charge in [0.15, 0.2) is 18.1 Å². The third-order valence-electron chi connectivity index (χ3n) is 4.92. The molecular formula is C22H24N4O5. The van der Waals surface area contributed by atoms with Crippen molar-refractivity contribution in [2.75, 3.05) is 19.8 Å². The van der Waals surface area contributed by atoms with Gasteiger partial charge in [0.2, 0.25) is 0 Å². The Morgan fingerprint density at radius 2 is 2.10 bits per heavy atom. The van der Waals surface area contributed by atoms with Crippen LogP contribution in [0.2, 0.25) is 0 Å². The smallest absolute Gasteiger partial charge is 0.272 e. The third kappa shape index (κ3) is 5.52. The lowest BCUT2D eigenvalue weighted by atomic mass is 10.2. The standard InChI is InChI=1S/C22H24N4O5/c27-21(23-13-16-6-3-9-29-16)14-31-19-7-2-1-5-15(19)12-24-22(28)18-11-17(25-26-18)20-8-4-10-30-20/h1-2,4-5,7-8,10-11,16H,3,6,9,12-14H2,(H,23,27)(H,24,28)(H,25,26)/t16-/m1/s1. The van der Waals surface area contributed by atoms with E-state index in [4.69, 9.17) is 13.9 Å². The normalized spacial score (nSPS) is 15.5. The minimum absolute atomic E-state index is 0.0850. The number of carbonyl (C=O) groups excluding carboxylic acids is 2. The fourth-order valence-electron chi connectivity index (χ4n) is 3.28. The average Bonchev–Trinajstić information content (AvgIpc) is 3.57. The van der Waals surface area contributed by atoms with Gasteiger partial charge in [-0.3, -0.25) is 14.7 Å². The summed E-state index contributed by atoms with van der Waals surface area (Å²) in [6, 6.07) is 12.4. The number of para-hydroxylation sites is 1. The van der Waals surface area contributed by atoms with Crippen molar-refractivity contribution in [2.24, 2.45) is 0 Å². The van der Waals surface area contributed by atoms with Crippen molar-refractivity contribution in [3.05, 3.63) is 60.0 Å². The van der Waals surface area contributed by atoms with Crippen LogP contribution in [0.15, 0.2) is 53.1 Å². The van der Waals surface area contributed by atoms with E-state index in [1.165, 1.54) is 0 Å². The van der Waals surface area contributed by atoms with Gasteiger partial charge in [0, 0.05) is 31.3 Å². The number of hydrogen-bond acceptors (Lipinski definition) is 6. The Balaban J connectivity index is 1.28. The molecule has 3 heterocycles. The van der Waals surface area contributed by atoms with Gasteiger partial charge in [0.25, 0.3) is 11.8 Å². The summed E-state index contributed by atoms with van der Waals surface area (Å²) in [5, 5.41) is 12.4. The molecule has 1 atom stereocenters. The fourth-order valence-corrected chi connectivity index (χ4v) is 3.28. The number of nitrogens with zero attached hydrogens (tertiary/aromatic N) is 1. The minimum atomic E-state index is -0.335. The molecule has 31 heavy (non-hydrogen) atoms. The summed E-state index contributed by atoms with van der Waals surface area (Å²) in [6.45, 7) is 1.36. The van der Waals surface area contributed by atoms with E-state index in [0.717, 1.165) is 25.0 Å². The second-order valence-corrected chi connectivity index (χ2v) is 7.16. The number of nitrogens with one attached hydrogen (secondary N) is 3.